The van der Waals surface area contributed by atoms with Crippen LogP contribution < -0.4 is 10.2 Å². The van der Waals surface area contributed by atoms with Crippen molar-refractivity contribution in [3.05, 3.63) is 27.8 Å². The number of alkyl halides is 1. The zero-order valence-corrected chi connectivity index (χ0v) is 20.3. The predicted molar refractivity (Wildman–Crippen MR) is 118 cm³/mol. The number of anilines is 1. The number of aliphatic carboxylic acids is 1. The second kappa shape index (κ2) is 11.5. The quantitative estimate of drug-likeness (QED) is 0.147. The summed E-state index contributed by atoms with van der Waals surface area (Å²) in [7, 11) is -7.78. The number of benzene rings is 1. The summed E-state index contributed by atoms with van der Waals surface area (Å²) in [5.74, 6) is -2.16. The molecule has 1 rings (SSSR count). The standard InChI is InChI=1S/C16H22BrN3O10S2/c1-31(26,27)14-10-12(20(24)25)11(16(23)18-5-3-15(21)22)9-13(14)19(6-4-17)7-8-30-32(2,28)29/h9-10H,3-8H2,1-2H3,(H,18,23)(H,21,22). The van der Waals surface area contributed by atoms with E-state index in [-0.39, 0.29) is 31.9 Å². The lowest BCUT2D eigenvalue weighted by Gasteiger charge is -2.26. The van der Waals surface area contributed by atoms with Crippen LogP contribution in [0.1, 0.15) is 16.8 Å². The highest BCUT2D eigenvalue weighted by Crippen LogP contribution is 2.33. The Bertz CT molecular complexity index is 1090. The van der Waals surface area contributed by atoms with E-state index >= 15 is 0 Å². The van der Waals surface area contributed by atoms with Crippen LogP contribution in [-0.2, 0) is 28.9 Å². The van der Waals surface area contributed by atoms with Crippen molar-refractivity contribution in [2.45, 2.75) is 11.3 Å². The van der Waals surface area contributed by atoms with Gasteiger partial charge in [-0.3, -0.25) is 23.9 Å². The molecule has 0 heterocycles. The third kappa shape index (κ3) is 8.68. The molecule has 0 bridgehead atoms. The monoisotopic (exact) mass is 559 g/mol. The third-order valence-electron chi connectivity index (χ3n) is 3.90. The predicted octanol–water partition coefficient (Wildman–Crippen LogP) is 0.380. The topological polar surface area (TPSA) is 190 Å². The number of amides is 1. The summed E-state index contributed by atoms with van der Waals surface area (Å²) in [6.45, 7) is -0.611. The van der Waals surface area contributed by atoms with E-state index in [2.05, 4.69) is 21.2 Å². The summed E-state index contributed by atoms with van der Waals surface area (Å²) in [6.07, 6.45) is 1.25. The van der Waals surface area contributed by atoms with E-state index in [4.69, 9.17) is 9.29 Å². The van der Waals surface area contributed by atoms with E-state index < -0.39 is 59.3 Å². The van der Waals surface area contributed by atoms with Gasteiger partial charge in [-0.2, -0.15) is 8.42 Å². The third-order valence-corrected chi connectivity index (χ3v) is 5.97. The molecule has 0 saturated carbocycles. The van der Waals surface area contributed by atoms with Crippen molar-refractivity contribution >= 4 is 59.1 Å². The molecular weight excluding hydrogens is 538 g/mol. The summed E-state index contributed by atoms with van der Waals surface area (Å²) in [5, 5.41) is 22.7. The summed E-state index contributed by atoms with van der Waals surface area (Å²) in [4.78, 5) is 34.7. The van der Waals surface area contributed by atoms with Crippen LogP contribution in [0.15, 0.2) is 17.0 Å². The van der Waals surface area contributed by atoms with Crippen LogP contribution in [0.4, 0.5) is 11.4 Å². The lowest BCUT2D eigenvalue weighted by Crippen LogP contribution is -2.32. The largest absolute Gasteiger partial charge is 0.481 e. The molecule has 32 heavy (non-hydrogen) atoms. The normalized spacial score (nSPS) is 11.7. The maximum Gasteiger partial charge on any atom is 0.305 e. The molecule has 1 amide bonds. The fourth-order valence-electron chi connectivity index (χ4n) is 2.57. The number of halogens is 1. The Morgan fingerprint density at radius 3 is 2.31 bits per heavy atom. The van der Waals surface area contributed by atoms with E-state index in [0.717, 1.165) is 24.6 Å². The Morgan fingerprint density at radius 1 is 1.22 bits per heavy atom. The first-order chi connectivity index (χ1) is 14.7. The molecule has 1 aromatic rings. The minimum absolute atomic E-state index is 0.0713. The second-order valence-electron chi connectivity index (χ2n) is 6.47. The van der Waals surface area contributed by atoms with Crippen LogP contribution in [0, 0.1) is 10.1 Å². The van der Waals surface area contributed by atoms with Crippen LogP contribution in [0.2, 0.25) is 0 Å². The number of nitro groups is 1. The smallest absolute Gasteiger partial charge is 0.305 e. The highest BCUT2D eigenvalue weighted by atomic mass is 79.9. The van der Waals surface area contributed by atoms with Gasteiger partial charge in [0, 0.05) is 37.3 Å². The van der Waals surface area contributed by atoms with Crippen LogP contribution in [-0.4, -0.2) is 82.8 Å². The zero-order chi connectivity index (χ0) is 24.7. The van der Waals surface area contributed by atoms with Crippen molar-refractivity contribution in [3.8, 4) is 0 Å². The van der Waals surface area contributed by atoms with Crippen LogP contribution in [0.25, 0.3) is 0 Å². The molecule has 0 aliphatic carbocycles. The summed E-state index contributed by atoms with van der Waals surface area (Å²) in [6, 6.07) is 1.75. The molecule has 0 aliphatic rings. The summed E-state index contributed by atoms with van der Waals surface area (Å²) >= 11 is 3.19. The van der Waals surface area contributed by atoms with Gasteiger partial charge in [0.05, 0.1) is 34.8 Å². The van der Waals surface area contributed by atoms with Crippen molar-refractivity contribution in [3.63, 3.8) is 0 Å². The van der Waals surface area contributed by atoms with Crippen LogP contribution in [0.5, 0.6) is 0 Å². The van der Waals surface area contributed by atoms with Crippen molar-refractivity contribution in [2.75, 3.05) is 49.0 Å². The Hall–Kier alpha value is -2.30. The fourth-order valence-corrected chi connectivity index (χ4v) is 4.27. The van der Waals surface area contributed by atoms with E-state index in [1.807, 2.05) is 0 Å². The maximum absolute atomic E-state index is 12.5. The number of nitro benzene ring substituents is 1. The van der Waals surface area contributed by atoms with Gasteiger partial charge in [-0.1, -0.05) is 15.9 Å². The molecule has 0 spiro atoms. The van der Waals surface area contributed by atoms with Crippen molar-refractivity contribution in [1.29, 1.82) is 0 Å². The molecule has 0 unspecified atom stereocenters. The molecule has 0 atom stereocenters. The highest BCUT2D eigenvalue weighted by molar-refractivity contribution is 9.09. The number of sulfone groups is 1. The Labute approximate surface area is 193 Å². The van der Waals surface area contributed by atoms with E-state index in [1.165, 1.54) is 4.90 Å². The van der Waals surface area contributed by atoms with Crippen molar-refractivity contribution in [2.24, 2.45) is 0 Å². The Kier molecular flexibility index (Phi) is 9.99. The van der Waals surface area contributed by atoms with E-state index in [1.54, 1.807) is 0 Å². The van der Waals surface area contributed by atoms with Crippen molar-refractivity contribution in [1.82, 2.24) is 5.32 Å². The van der Waals surface area contributed by atoms with E-state index in [9.17, 15) is 36.5 Å². The number of nitrogens with one attached hydrogen (secondary N) is 1. The molecule has 0 radical (unpaired) electrons. The van der Waals surface area contributed by atoms with Gasteiger partial charge in [0.1, 0.15) is 5.56 Å². The molecular formula is C16H22BrN3O10S2. The lowest BCUT2D eigenvalue weighted by molar-refractivity contribution is -0.385. The Morgan fingerprint density at radius 2 is 1.84 bits per heavy atom. The van der Waals surface area contributed by atoms with Gasteiger partial charge >= 0.3 is 5.97 Å². The molecule has 180 valence electrons. The second-order valence-corrected chi connectivity index (χ2v) is 10.9. The average molecular weight is 560 g/mol. The number of nitrogens with zero attached hydrogens (tertiary/aromatic N) is 2. The first-order valence-electron chi connectivity index (χ1n) is 8.85. The number of carbonyl (C=O) groups is 2. The molecule has 0 aromatic heterocycles. The van der Waals surface area contributed by atoms with Crippen molar-refractivity contribution < 1.29 is 40.6 Å². The summed E-state index contributed by atoms with van der Waals surface area (Å²) < 4.78 is 51.8. The van der Waals surface area contributed by atoms with Gasteiger partial charge < -0.3 is 15.3 Å². The first kappa shape index (κ1) is 27.7. The number of carbonyl (C=O) groups excluding carboxylic acids is 1. The number of rotatable bonds is 13. The Balaban J connectivity index is 3.55. The van der Waals surface area contributed by atoms with Gasteiger partial charge in [-0.15, -0.1) is 0 Å². The molecule has 16 heteroatoms. The maximum atomic E-state index is 12.5. The SMILES string of the molecule is CS(=O)(=O)OCCN(CCBr)c1cc(C(=O)NCCC(=O)O)c([N+](=O)[O-])cc1S(C)(=O)=O. The molecule has 1 aromatic carbocycles. The van der Waals surface area contributed by atoms with Crippen LogP contribution in [0.3, 0.4) is 0 Å². The molecule has 0 saturated heterocycles. The molecule has 13 nitrogen and oxygen atoms in total. The average Bonchev–Trinajstić information content (AvgIpc) is 2.64. The van der Waals surface area contributed by atoms with Gasteiger partial charge in [0.25, 0.3) is 21.7 Å². The molecule has 0 fully saturated rings. The minimum Gasteiger partial charge on any atom is -0.481 e. The molecule has 2 N–H and O–H groups in total. The first-order valence-corrected chi connectivity index (χ1v) is 13.7. The highest BCUT2D eigenvalue weighted by Gasteiger charge is 2.29. The number of hydrogen-bond donors (Lipinski definition) is 2. The van der Waals surface area contributed by atoms with Gasteiger partial charge in [0.15, 0.2) is 9.84 Å². The van der Waals surface area contributed by atoms with E-state index in [0.29, 0.717) is 5.33 Å². The van der Waals surface area contributed by atoms with Gasteiger partial charge in [0.2, 0.25) is 0 Å². The lowest BCUT2D eigenvalue weighted by atomic mass is 10.1. The van der Waals surface area contributed by atoms with Gasteiger partial charge in [-0.25, -0.2) is 8.42 Å². The van der Waals surface area contributed by atoms with Gasteiger partial charge in [-0.05, 0) is 6.07 Å². The minimum atomic E-state index is -4.01. The number of carboxylic acids is 1. The summed E-state index contributed by atoms with van der Waals surface area (Å²) in [5.41, 5.74) is -1.34. The van der Waals surface area contributed by atoms with Crippen LogP contribution >= 0.6 is 15.9 Å². The zero-order valence-electron chi connectivity index (χ0n) is 17.1. The fraction of sp³-hybridized carbons (Fsp3) is 0.500. The number of hydrogen-bond acceptors (Lipinski definition) is 10. The molecule has 0 aliphatic heterocycles. The number of carboxylic acid groups (broad SMARTS) is 1.